The molecule has 10 heteroatoms. The van der Waals surface area contributed by atoms with Gasteiger partial charge in [0.05, 0.1) is 5.56 Å². The zero-order valence-electron chi connectivity index (χ0n) is 17.1. The summed E-state index contributed by atoms with van der Waals surface area (Å²) in [6.07, 6.45) is -3.02. The van der Waals surface area contributed by atoms with E-state index in [1.54, 1.807) is 25.1 Å². The summed E-state index contributed by atoms with van der Waals surface area (Å²) >= 11 is 0. The molecule has 168 valence electrons. The first-order valence-electron chi connectivity index (χ1n) is 9.32. The predicted molar refractivity (Wildman–Crippen MR) is 110 cm³/mol. The quantitative estimate of drug-likeness (QED) is 0.166. The molecule has 0 aliphatic rings. The topological polar surface area (TPSA) is 102 Å². The molecule has 0 spiro atoms. The smallest absolute Gasteiger partial charge is 0.416 e. The third-order valence-corrected chi connectivity index (χ3v) is 4.64. The number of likely N-dealkylation sites (N-methyl/N-ethyl adjacent to an activating group) is 2. The molecule has 0 bridgehead atoms. The summed E-state index contributed by atoms with van der Waals surface area (Å²) in [6, 6.07) is 9.46. The second kappa shape index (κ2) is 10.2. The van der Waals surface area contributed by atoms with Gasteiger partial charge in [-0.25, -0.2) is 5.84 Å². The molecule has 7 nitrogen and oxygen atoms in total. The monoisotopic (exact) mass is 438 g/mol. The highest BCUT2D eigenvalue weighted by Crippen LogP contribution is 2.31. The zero-order valence-corrected chi connectivity index (χ0v) is 17.1. The van der Waals surface area contributed by atoms with Gasteiger partial charge in [-0.1, -0.05) is 30.3 Å². The molecular weight excluding hydrogens is 413 g/mol. The Labute approximate surface area is 178 Å². The molecule has 0 atom stereocenters. The van der Waals surface area contributed by atoms with Crippen LogP contribution in [0.2, 0.25) is 0 Å². The van der Waals surface area contributed by atoms with Crippen LogP contribution in [0.15, 0.2) is 48.2 Å². The standard InChI is InChI=1S/C21H25F3N4O3/c1-27(13-14-5-3-7-16(11-14)21(22,23)24)9-10-28(2)17(20(31)26-25)12-15-6-4-8-18(29)19(15)30/h3-8,11-12,29-30H,9-10,13,25H2,1-2H3,(H,26,31)/b17-12+. The Kier molecular flexibility index (Phi) is 7.89. The van der Waals surface area contributed by atoms with Crippen molar-refractivity contribution in [2.75, 3.05) is 27.2 Å². The lowest BCUT2D eigenvalue weighted by Gasteiger charge is -2.25. The highest BCUT2D eigenvalue weighted by molar-refractivity contribution is 5.97. The van der Waals surface area contributed by atoms with Crippen molar-refractivity contribution in [3.63, 3.8) is 0 Å². The van der Waals surface area contributed by atoms with Crippen LogP contribution in [0.1, 0.15) is 16.7 Å². The average molecular weight is 438 g/mol. The van der Waals surface area contributed by atoms with E-state index in [1.807, 2.05) is 10.3 Å². The maximum Gasteiger partial charge on any atom is 0.416 e. The first-order valence-corrected chi connectivity index (χ1v) is 9.32. The molecular formula is C21H25F3N4O3. The SMILES string of the molecule is CN(CCN(C)/C(=C/c1cccc(O)c1O)C(=O)NN)Cc1cccc(C(F)(F)F)c1. The molecule has 2 rings (SSSR count). The fourth-order valence-corrected chi connectivity index (χ4v) is 2.91. The van der Waals surface area contributed by atoms with Crippen molar-refractivity contribution in [1.29, 1.82) is 0 Å². The van der Waals surface area contributed by atoms with E-state index in [1.165, 1.54) is 30.3 Å². The van der Waals surface area contributed by atoms with Gasteiger partial charge in [-0.15, -0.1) is 0 Å². The number of amides is 1. The Bertz CT molecular complexity index is 948. The summed E-state index contributed by atoms with van der Waals surface area (Å²) < 4.78 is 38.6. The predicted octanol–water partition coefficient (Wildman–Crippen LogP) is 2.51. The zero-order chi connectivity index (χ0) is 23.2. The first kappa shape index (κ1) is 24.0. The lowest BCUT2D eigenvalue weighted by molar-refractivity contribution is -0.137. The van der Waals surface area contributed by atoms with E-state index in [2.05, 4.69) is 0 Å². The number of nitrogens with zero attached hydrogens (tertiary/aromatic N) is 2. The number of halogens is 3. The van der Waals surface area contributed by atoms with Crippen molar-refractivity contribution < 1.29 is 28.2 Å². The molecule has 5 N–H and O–H groups in total. The number of aromatic hydroxyl groups is 2. The van der Waals surface area contributed by atoms with Crippen molar-refractivity contribution in [3.05, 3.63) is 64.9 Å². The number of nitrogens with two attached hydrogens (primary N) is 1. The van der Waals surface area contributed by atoms with Crippen LogP contribution in [0.4, 0.5) is 13.2 Å². The minimum absolute atomic E-state index is 0.135. The summed E-state index contributed by atoms with van der Waals surface area (Å²) in [5.41, 5.74) is 2.21. The van der Waals surface area contributed by atoms with Crippen LogP contribution in [0.5, 0.6) is 11.5 Å². The summed E-state index contributed by atoms with van der Waals surface area (Å²) in [5, 5.41) is 19.6. The van der Waals surface area contributed by atoms with Gasteiger partial charge in [0.25, 0.3) is 5.91 Å². The van der Waals surface area contributed by atoms with Crippen LogP contribution in [-0.4, -0.2) is 53.1 Å². The minimum Gasteiger partial charge on any atom is -0.504 e. The van der Waals surface area contributed by atoms with Gasteiger partial charge >= 0.3 is 6.18 Å². The van der Waals surface area contributed by atoms with Crippen LogP contribution in [0, 0.1) is 0 Å². The van der Waals surface area contributed by atoms with Crippen LogP contribution in [-0.2, 0) is 17.5 Å². The Hall–Kier alpha value is -3.24. The van der Waals surface area contributed by atoms with Gasteiger partial charge in [0.15, 0.2) is 11.5 Å². The van der Waals surface area contributed by atoms with Crippen LogP contribution in [0.25, 0.3) is 6.08 Å². The van der Waals surface area contributed by atoms with Gasteiger partial charge < -0.3 is 20.0 Å². The number of rotatable bonds is 8. The van der Waals surface area contributed by atoms with Crippen LogP contribution >= 0.6 is 0 Å². The fourth-order valence-electron chi connectivity index (χ4n) is 2.91. The highest BCUT2D eigenvalue weighted by Gasteiger charge is 2.30. The van der Waals surface area contributed by atoms with E-state index in [0.29, 0.717) is 18.7 Å². The molecule has 2 aromatic rings. The van der Waals surface area contributed by atoms with Crippen molar-refractivity contribution in [1.82, 2.24) is 15.2 Å². The number of hydrazine groups is 1. The first-order chi connectivity index (χ1) is 14.5. The molecule has 2 aromatic carbocycles. The molecule has 0 unspecified atom stereocenters. The Morgan fingerprint density at radius 2 is 1.81 bits per heavy atom. The Morgan fingerprint density at radius 1 is 1.13 bits per heavy atom. The number of nitrogens with one attached hydrogen (secondary N) is 1. The number of para-hydroxylation sites is 1. The number of phenolic OH excluding ortho intramolecular Hbond substituents is 2. The van der Waals surface area contributed by atoms with Crippen molar-refractivity contribution in [2.24, 2.45) is 5.84 Å². The summed E-state index contributed by atoms with van der Waals surface area (Å²) in [6.45, 7) is 1.05. The van der Waals surface area contributed by atoms with Gasteiger partial charge in [0, 0.05) is 32.2 Å². The van der Waals surface area contributed by atoms with Gasteiger partial charge in [0.1, 0.15) is 5.70 Å². The van der Waals surface area contributed by atoms with Gasteiger partial charge in [-0.2, -0.15) is 13.2 Å². The molecule has 31 heavy (non-hydrogen) atoms. The number of benzene rings is 2. The second-order valence-electron chi connectivity index (χ2n) is 7.08. The molecule has 0 fully saturated rings. The number of alkyl halides is 3. The number of carbonyl (C=O) groups excluding carboxylic acids is 1. The Morgan fingerprint density at radius 3 is 2.45 bits per heavy atom. The van der Waals surface area contributed by atoms with Crippen molar-refractivity contribution in [2.45, 2.75) is 12.7 Å². The lowest BCUT2D eigenvalue weighted by atomic mass is 10.1. The number of hydrogen-bond donors (Lipinski definition) is 4. The fraction of sp³-hybridized carbons (Fsp3) is 0.286. The molecule has 0 aromatic heterocycles. The van der Waals surface area contributed by atoms with Crippen molar-refractivity contribution in [3.8, 4) is 11.5 Å². The van der Waals surface area contributed by atoms with E-state index in [9.17, 15) is 28.2 Å². The molecule has 0 radical (unpaired) electrons. The van der Waals surface area contributed by atoms with E-state index < -0.39 is 17.6 Å². The van der Waals surface area contributed by atoms with Gasteiger partial charge in [0.2, 0.25) is 0 Å². The van der Waals surface area contributed by atoms with E-state index in [4.69, 9.17) is 5.84 Å². The molecule has 0 saturated carbocycles. The second-order valence-corrected chi connectivity index (χ2v) is 7.08. The lowest BCUT2D eigenvalue weighted by Crippen LogP contribution is -2.39. The number of hydrogen-bond acceptors (Lipinski definition) is 6. The maximum absolute atomic E-state index is 12.9. The van der Waals surface area contributed by atoms with E-state index in [0.717, 1.165) is 12.1 Å². The van der Waals surface area contributed by atoms with Gasteiger partial charge in [-0.05, 0) is 30.8 Å². The summed E-state index contributed by atoms with van der Waals surface area (Å²) in [7, 11) is 3.39. The normalized spacial score (nSPS) is 12.2. The highest BCUT2D eigenvalue weighted by atomic mass is 19.4. The van der Waals surface area contributed by atoms with E-state index in [-0.39, 0.29) is 29.3 Å². The van der Waals surface area contributed by atoms with Crippen LogP contribution in [0.3, 0.4) is 0 Å². The van der Waals surface area contributed by atoms with Crippen LogP contribution < -0.4 is 11.3 Å². The third-order valence-electron chi connectivity index (χ3n) is 4.64. The largest absolute Gasteiger partial charge is 0.504 e. The third kappa shape index (κ3) is 6.63. The Balaban J connectivity index is 2.09. The average Bonchev–Trinajstić information content (AvgIpc) is 2.72. The molecule has 0 saturated heterocycles. The van der Waals surface area contributed by atoms with Gasteiger partial charge in [-0.3, -0.25) is 10.2 Å². The summed E-state index contributed by atoms with van der Waals surface area (Å²) in [5.74, 6) is 3.95. The molecule has 0 heterocycles. The summed E-state index contributed by atoms with van der Waals surface area (Å²) in [4.78, 5) is 15.6. The molecule has 0 aliphatic heterocycles. The molecule has 1 amide bonds. The number of carbonyl (C=O) groups is 1. The molecule has 0 aliphatic carbocycles. The van der Waals surface area contributed by atoms with E-state index >= 15 is 0 Å². The van der Waals surface area contributed by atoms with Crippen molar-refractivity contribution >= 4 is 12.0 Å². The number of phenols is 2. The minimum atomic E-state index is -4.40. The maximum atomic E-state index is 12.9.